The van der Waals surface area contributed by atoms with Crippen molar-refractivity contribution in [3.63, 3.8) is 0 Å². The van der Waals surface area contributed by atoms with Crippen molar-refractivity contribution in [2.45, 2.75) is 44.8 Å². The number of aliphatic hydroxyl groups excluding tert-OH is 2. The largest absolute Gasteiger partial charge is 0.394 e. The lowest BCUT2D eigenvalue weighted by atomic mass is 10.0. The van der Waals surface area contributed by atoms with E-state index >= 15 is 0 Å². The van der Waals surface area contributed by atoms with E-state index in [-0.39, 0.29) is 11.6 Å². The number of amides is 1. The lowest BCUT2D eigenvalue weighted by Crippen LogP contribution is -2.41. The quantitative estimate of drug-likeness (QED) is 0.365. The zero-order chi connectivity index (χ0) is 16.5. The molecule has 7 nitrogen and oxygen atoms in total. The number of nitrogens with zero attached hydrogens (tertiary/aromatic N) is 1. The average Bonchev–Trinajstić information content (AvgIpc) is 2.52. The minimum atomic E-state index is -1.12. The van der Waals surface area contributed by atoms with Crippen molar-refractivity contribution in [2.24, 2.45) is 0 Å². The molecule has 1 aromatic carbocycles. The van der Waals surface area contributed by atoms with Crippen molar-refractivity contribution in [2.75, 3.05) is 6.61 Å². The summed E-state index contributed by atoms with van der Waals surface area (Å²) in [6, 6.07) is 4.53. The number of benzene rings is 1. The Morgan fingerprint density at radius 2 is 1.95 bits per heavy atom. The number of non-ortho nitro benzene ring substituents is 1. The maximum atomic E-state index is 11.7. The highest BCUT2D eigenvalue weighted by atomic mass is 16.6. The number of nitro groups is 1. The van der Waals surface area contributed by atoms with E-state index in [9.17, 15) is 25.1 Å². The maximum Gasteiger partial charge on any atom is 0.269 e. The third kappa shape index (κ3) is 5.42. The van der Waals surface area contributed by atoms with Gasteiger partial charge in [0.2, 0.25) is 5.91 Å². The molecule has 0 unspecified atom stereocenters. The fraction of sp³-hybridized carbons (Fsp3) is 0.533. The van der Waals surface area contributed by atoms with Crippen LogP contribution in [0.2, 0.25) is 0 Å². The van der Waals surface area contributed by atoms with Gasteiger partial charge >= 0.3 is 0 Å². The summed E-state index contributed by atoms with van der Waals surface area (Å²) in [5.74, 6) is -0.228. The minimum Gasteiger partial charge on any atom is -0.394 e. The molecule has 2 atom stereocenters. The highest BCUT2D eigenvalue weighted by Gasteiger charge is 2.22. The zero-order valence-corrected chi connectivity index (χ0v) is 12.6. The van der Waals surface area contributed by atoms with E-state index in [0.717, 1.165) is 19.3 Å². The Bertz CT molecular complexity index is 489. The third-order valence-corrected chi connectivity index (χ3v) is 3.38. The Kier molecular flexibility index (Phi) is 7.48. The summed E-state index contributed by atoms with van der Waals surface area (Å²) in [5.41, 5.74) is 0.318. The predicted octanol–water partition coefficient (Wildman–Crippen LogP) is 1.69. The van der Waals surface area contributed by atoms with Crippen LogP contribution in [0.4, 0.5) is 5.69 Å². The van der Waals surface area contributed by atoms with E-state index in [1.807, 2.05) is 6.92 Å². The number of nitro benzene ring substituents is 1. The fourth-order valence-electron chi connectivity index (χ4n) is 2.06. The summed E-state index contributed by atoms with van der Waals surface area (Å²) in [5, 5.41) is 32.7. The topological polar surface area (TPSA) is 113 Å². The van der Waals surface area contributed by atoms with Crippen LogP contribution >= 0.6 is 0 Å². The number of nitrogens with one attached hydrogen (secondary N) is 1. The number of aliphatic hydroxyl groups is 2. The van der Waals surface area contributed by atoms with Crippen LogP contribution in [0.3, 0.4) is 0 Å². The Labute approximate surface area is 129 Å². The molecule has 0 aromatic heterocycles. The molecule has 0 radical (unpaired) electrons. The summed E-state index contributed by atoms with van der Waals surface area (Å²) in [6.45, 7) is 1.62. The van der Waals surface area contributed by atoms with Crippen LogP contribution in [-0.2, 0) is 4.79 Å². The molecule has 1 rings (SSSR count). The molecule has 0 saturated heterocycles. The van der Waals surface area contributed by atoms with Gasteiger partial charge in [-0.05, 0) is 24.1 Å². The van der Waals surface area contributed by atoms with E-state index < -0.39 is 23.7 Å². The molecule has 0 saturated carbocycles. The van der Waals surface area contributed by atoms with Crippen LogP contribution in [0.15, 0.2) is 24.3 Å². The number of unbranched alkanes of at least 4 members (excludes halogenated alkanes) is 2. The molecule has 0 fully saturated rings. The smallest absolute Gasteiger partial charge is 0.269 e. The standard InChI is InChI=1S/C15H22N2O5/c1-2-3-4-5-14(19)16-13(10-18)15(20)11-6-8-12(9-7-11)17(21)22/h6-9,13,15,18,20H,2-5,10H2,1H3,(H,16,19)/t13-,15+/m1/s1. The monoisotopic (exact) mass is 310 g/mol. The van der Waals surface area contributed by atoms with Crippen LogP contribution in [0, 0.1) is 10.1 Å². The summed E-state index contributed by atoms with van der Waals surface area (Å²) >= 11 is 0. The van der Waals surface area contributed by atoms with Crippen LogP contribution < -0.4 is 5.32 Å². The van der Waals surface area contributed by atoms with Crippen molar-refractivity contribution in [3.8, 4) is 0 Å². The maximum absolute atomic E-state index is 11.7. The molecule has 0 bridgehead atoms. The molecule has 0 aliphatic carbocycles. The molecule has 3 N–H and O–H groups in total. The average molecular weight is 310 g/mol. The molecular weight excluding hydrogens is 288 g/mol. The highest BCUT2D eigenvalue weighted by molar-refractivity contribution is 5.76. The Morgan fingerprint density at radius 3 is 2.45 bits per heavy atom. The van der Waals surface area contributed by atoms with E-state index in [1.165, 1.54) is 24.3 Å². The van der Waals surface area contributed by atoms with Gasteiger partial charge < -0.3 is 15.5 Å². The lowest BCUT2D eigenvalue weighted by Gasteiger charge is -2.22. The van der Waals surface area contributed by atoms with Crippen LogP contribution in [0.5, 0.6) is 0 Å². The molecule has 1 amide bonds. The van der Waals surface area contributed by atoms with E-state index in [1.54, 1.807) is 0 Å². The fourth-order valence-corrected chi connectivity index (χ4v) is 2.06. The van der Waals surface area contributed by atoms with Gasteiger partial charge in [-0.3, -0.25) is 14.9 Å². The second-order valence-corrected chi connectivity index (χ2v) is 5.11. The number of carbonyl (C=O) groups excluding carboxylic acids is 1. The van der Waals surface area contributed by atoms with Gasteiger partial charge in [0.05, 0.1) is 17.6 Å². The van der Waals surface area contributed by atoms with Crippen molar-refractivity contribution in [1.82, 2.24) is 5.32 Å². The van der Waals surface area contributed by atoms with Crippen molar-refractivity contribution < 1.29 is 19.9 Å². The van der Waals surface area contributed by atoms with E-state index in [2.05, 4.69) is 5.32 Å². The second-order valence-electron chi connectivity index (χ2n) is 5.11. The van der Waals surface area contributed by atoms with Crippen LogP contribution in [0.1, 0.15) is 44.3 Å². The second kappa shape index (κ2) is 9.11. The minimum absolute atomic E-state index is 0.0832. The number of carbonyl (C=O) groups is 1. The molecule has 0 aliphatic rings. The van der Waals surface area contributed by atoms with Gasteiger partial charge in [-0.1, -0.05) is 19.8 Å². The number of hydrogen-bond donors (Lipinski definition) is 3. The van der Waals surface area contributed by atoms with Gasteiger partial charge in [-0.2, -0.15) is 0 Å². The molecule has 22 heavy (non-hydrogen) atoms. The Morgan fingerprint density at radius 1 is 1.32 bits per heavy atom. The predicted molar refractivity (Wildman–Crippen MR) is 81.2 cm³/mol. The molecular formula is C15H22N2O5. The number of rotatable bonds is 9. The van der Waals surface area contributed by atoms with E-state index in [4.69, 9.17) is 0 Å². The zero-order valence-electron chi connectivity index (χ0n) is 12.6. The first-order chi connectivity index (χ1) is 10.5. The summed E-state index contributed by atoms with van der Waals surface area (Å²) < 4.78 is 0. The summed E-state index contributed by atoms with van der Waals surface area (Å²) in [6.07, 6.45) is 1.93. The van der Waals surface area contributed by atoms with Gasteiger partial charge in [0.1, 0.15) is 6.10 Å². The third-order valence-electron chi connectivity index (χ3n) is 3.38. The van der Waals surface area contributed by atoms with Gasteiger partial charge in [0, 0.05) is 18.6 Å². The molecule has 0 heterocycles. The number of hydrogen-bond acceptors (Lipinski definition) is 5. The lowest BCUT2D eigenvalue weighted by molar-refractivity contribution is -0.384. The first-order valence-electron chi connectivity index (χ1n) is 7.32. The first-order valence-corrected chi connectivity index (χ1v) is 7.32. The van der Waals surface area contributed by atoms with Gasteiger partial charge in [0.15, 0.2) is 0 Å². The summed E-state index contributed by atoms with van der Waals surface area (Å²) in [4.78, 5) is 21.8. The highest BCUT2D eigenvalue weighted by Crippen LogP contribution is 2.20. The molecule has 0 spiro atoms. The molecule has 7 heteroatoms. The molecule has 1 aromatic rings. The van der Waals surface area contributed by atoms with Crippen molar-refractivity contribution in [1.29, 1.82) is 0 Å². The van der Waals surface area contributed by atoms with Crippen LogP contribution in [0.25, 0.3) is 0 Å². The van der Waals surface area contributed by atoms with Crippen molar-refractivity contribution in [3.05, 3.63) is 39.9 Å². The van der Waals surface area contributed by atoms with Gasteiger partial charge in [-0.25, -0.2) is 0 Å². The SMILES string of the molecule is CCCCCC(=O)N[C@H](CO)[C@@H](O)c1ccc([N+](=O)[O-])cc1. The van der Waals surface area contributed by atoms with Gasteiger partial charge in [-0.15, -0.1) is 0 Å². The van der Waals surface area contributed by atoms with E-state index in [0.29, 0.717) is 12.0 Å². The van der Waals surface area contributed by atoms with Gasteiger partial charge in [0.25, 0.3) is 5.69 Å². The first kappa shape index (κ1) is 18.1. The Hall–Kier alpha value is -1.99. The summed E-state index contributed by atoms with van der Waals surface area (Å²) in [7, 11) is 0. The van der Waals surface area contributed by atoms with Crippen LogP contribution in [-0.4, -0.2) is 33.7 Å². The van der Waals surface area contributed by atoms with Crippen molar-refractivity contribution >= 4 is 11.6 Å². The molecule has 0 aliphatic heterocycles. The normalized spacial score (nSPS) is 13.4. The molecule has 122 valence electrons. The Balaban J connectivity index is 2.65.